The van der Waals surface area contributed by atoms with Crippen molar-refractivity contribution in [1.82, 2.24) is 0 Å². The Kier molecular flexibility index (Phi) is 4.62. The van der Waals surface area contributed by atoms with Crippen molar-refractivity contribution >= 4 is 0 Å². The van der Waals surface area contributed by atoms with E-state index in [2.05, 4.69) is 4.74 Å². The van der Waals surface area contributed by atoms with Crippen LogP contribution in [0.5, 0.6) is 0 Å². The normalized spacial score (nSPS) is 16.4. The third-order valence-corrected chi connectivity index (χ3v) is 1.08. The van der Waals surface area contributed by atoms with Crippen LogP contribution < -0.4 is 0 Å². The van der Waals surface area contributed by atoms with Gasteiger partial charge in [-0.3, -0.25) is 4.74 Å². The van der Waals surface area contributed by atoms with Crippen LogP contribution in [-0.2, 0) is 9.47 Å². The van der Waals surface area contributed by atoms with Gasteiger partial charge in [0.25, 0.3) is 6.36 Å². The molecule has 0 bridgehead atoms. The Labute approximate surface area is 86.1 Å². The van der Waals surface area contributed by atoms with Gasteiger partial charge < -0.3 is 0 Å². The molecule has 0 aromatic heterocycles. The molecular formula is C5H2F10O2. The molecule has 0 aromatic rings. The van der Waals surface area contributed by atoms with E-state index < -0.39 is 31.4 Å². The fourth-order valence-electron chi connectivity index (χ4n) is 0.445. The Morgan fingerprint density at radius 2 is 1.18 bits per heavy atom. The van der Waals surface area contributed by atoms with E-state index in [4.69, 9.17) is 0 Å². The lowest BCUT2D eigenvalue weighted by atomic mass is 10.5. The maximum absolute atomic E-state index is 12.2. The van der Waals surface area contributed by atoms with Crippen molar-refractivity contribution < 1.29 is 53.4 Å². The molecule has 17 heavy (non-hydrogen) atoms. The second kappa shape index (κ2) is 4.84. The predicted octanol–water partition coefficient (Wildman–Crippen LogP) is 3.29. The summed E-state index contributed by atoms with van der Waals surface area (Å²) in [4.78, 5) is 0. The van der Waals surface area contributed by atoms with Crippen molar-refractivity contribution in [3.63, 3.8) is 0 Å². The standard InChI is InChI=1S/C5H2F10O2/c6-1(16-2(7)8)3(9,10)17-5(14,15)4(11,12)13/h1-2H. The zero-order valence-electron chi connectivity index (χ0n) is 7.25. The molecule has 0 aliphatic carbocycles. The molecule has 0 N–H and O–H groups in total. The Hall–Kier alpha value is -0.780. The van der Waals surface area contributed by atoms with Crippen LogP contribution in [-0.4, -0.2) is 31.4 Å². The summed E-state index contributed by atoms with van der Waals surface area (Å²) in [7, 11) is 0. The van der Waals surface area contributed by atoms with Crippen molar-refractivity contribution in [2.45, 2.75) is 31.4 Å². The molecule has 0 fully saturated rings. The number of halogens is 10. The summed E-state index contributed by atoms with van der Waals surface area (Å²) >= 11 is 0. The highest BCUT2D eigenvalue weighted by Crippen LogP contribution is 2.42. The highest BCUT2D eigenvalue weighted by atomic mass is 19.4. The number of alkyl halides is 10. The van der Waals surface area contributed by atoms with Gasteiger partial charge in [0.15, 0.2) is 0 Å². The molecule has 0 rings (SSSR count). The van der Waals surface area contributed by atoms with Crippen LogP contribution in [0, 0.1) is 0 Å². The molecule has 1 atom stereocenters. The third-order valence-electron chi connectivity index (χ3n) is 1.08. The number of hydrogen-bond acceptors (Lipinski definition) is 2. The second-order valence-corrected chi connectivity index (χ2v) is 2.39. The summed E-state index contributed by atoms with van der Waals surface area (Å²) in [6.07, 6.45) is -23.4. The molecule has 2 nitrogen and oxygen atoms in total. The zero-order chi connectivity index (χ0) is 14.1. The minimum atomic E-state index is -6.57. The average molecular weight is 284 g/mol. The first-order chi connectivity index (χ1) is 7.29. The fraction of sp³-hybridized carbons (Fsp3) is 1.00. The van der Waals surface area contributed by atoms with Crippen LogP contribution >= 0.6 is 0 Å². The summed E-state index contributed by atoms with van der Waals surface area (Å²) in [6.45, 7) is -4.15. The Balaban J connectivity index is 4.75. The third kappa shape index (κ3) is 4.53. The van der Waals surface area contributed by atoms with E-state index in [1.54, 1.807) is 0 Å². The number of rotatable bonds is 5. The quantitative estimate of drug-likeness (QED) is 0.721. The predicted molar refractivity (Wildman–Crippen MR) is 29.0 cm³/mol. The Morgan fingerprint density at radius 1 is 0.765 bits per heavy atom. The van der Waals surface area contributed by atoms with Gasteiger partial charge >= 0.3 is 25.0 Å². The first-order valence-electron chi connectivity index (χ1n) is 3.40. The Morgan fingerprint density at radius 3 is 1.47 bits per heavy atom. The van der Waals surface area contributed by atoms with Gasteiger partial charge in [-0.05, 0) is 0 Å². The molecule has 0 saturated carbocycles. The molecule has 0 amide bonds. The summed E-state index contributed by atoms with van der Waals surface area (Å²) in [5.41, 5.74) is 0. The smallest absolute Gasteiger partial charge is 0.280 e. The van der Waals surface area contributed by atoms with Gasteiger partial charge in [-0.15, -0.1) is 0 Å². The lowest BCUT2D eigenvalue weighted by Crippen LogP contribution is -2.48. The number of hydrogen-bond donors (Lipinski definition) is 0. The lowest BCUT2D eigenvalue weighted by molar-refractivity contribution is -0.483. The van der Waals surface area contributed by atoms with Crippen LogP contribution in [0.3, 0.4) is 0 Å². The fourth-order valence-corrected chi connectivity index (χ4v) is 0.445. The largest absolute Gasteiger partial charge is 0.483 e. The van der Waals surface area contributed by atoms with E-state index >= 15 is 0 Å². The second-order valence-electron chi connectivity index (χ2n) is 2.39. The van der Waals surface area contributed by atoms with Gasteiger partial charge in [0.05, 0.1) is 0 Å². The van der Waals surface area contributed by atoms with E-state index in [1.807, 2.05) is 4.74 Å². The van der Waals surface area contributed by atoms with E-state index in [-0.39, 0.29) is 0 Å². The van der Waals surface area contributed by atoms with Crippen molar-refractivity contribution in [2.24, 2.45) is 0 Å². The van der Waals surface area contributed by atoms with Gasteiger partial charge in [0.1, 0.15) is 0 Å². The van der Waals surface area contributed by atoms with Crippen molar-refractivity contribution in [3.8, 4) is 0 Å². The molecule has 12 heteroatoms. The van der Waals surface area contributed by atoms with Gasteiger partial charge in [0.2, 0.25) is 0 Å². The molecule has 0 aromatic carbocycles. The molecule has 0 radical (unpaired) electrons. The molecule has 0 saturated heterocycles. The Bertz CT molecular complexity index is 248. The summed E-state index contributed by atoms with van der Waals surface area (Å²) in [5, 5.41) is 0. The van der Waals surface area contributed by atoms with E-state index in [0.29, 0.717) is 0 Å². The SMILES string of the molecule is FC(F)OC(F)C(F)(F)OC(F)(F)C(F)(F)F. The van der Waals surface area contributed by atoms with E-state index in [0.717, 1.165) is 0 Å². The molecule has 0 aliphatic rings. The highest BCUT2D eigenvalue weighted by molar-refractivity contribution is 4.69. The molecule has 0 aliphatic heterocycles. The minimum Gasteiger partial charge on any atom is -0.280 e. The van der Waals surface area contributed by atoms with E-state index in [9.17, 15) is 43.9 Å². The topological polar surface area (TPSA) is 18.5 Å². The molecular weight excluding hydrogens is 282 g/mol. The summed E-state index contributed by atoms with van der Waals surface area (Å²) in [5.74, 6) is 0. The first kappa shape index (κ1) is 16.2. The highest BCUT2D eigenvalue weighted by Gasteiger charge is 2.66. The molecule has 0 heterocycles. The summed E-state index contributed by atoms with van der Waals surface area (Å²) < 4.78 is 121. The van der Waals surface area contributed by atoms with Crippen LogP contribution in [0.1, 0.15) is 0 Å². The van der Waals surface area contributed by atoms with Crippen molar-refractivity contribution in [1.29, 1.82) is 0 Å². The van der Waals surface area contributed by atoms with Crippen LogP contribution in [0.4, 0.5) is 43.9 Å². The van der Waals surface area contributed by atoms with Gasteiger partial charge in [-0.2, -0.15) is 39.5 Å². The average Bonchev–Trinajstić information content (AvgIpc) is 1.97. The monoisotopic (exact) mass is 284 g/mol. The maximum atomic E-state index is 12.2. The van der Waals surface area contributed by atoms with Crippen LogP contribution in [0.15, 0.2) is 0 Å². The zero-order valence-corrected chi connectivity index (χ0v) is 7.25. The van der Waals surface area contributed by atoms with E-state index in [1.165, 1.54) is 0 Å². The maximum Gasteiger partial charge on any atom is 0.483 e. The van der Waals surface area contributed by atoms with Crippen molar-refractivity contribution in [2.75, 3.05) is 0 Å². The van der Waals surface area contributed by atoms with Gasteiger partial charge in [-0.25, -0.2) is 9.13 Å². The van der Waals surface area contributed by atoms with Gasteiger partial charge in [-0.1, -0.05) is 0 Å². The minimum absolute atomic E-state index is 1.83. The van der Waals surface area contributed by atoms with Crippen LogP contribution in [0.25, 0.3) is 0 Å². The lowest BCUT2D eigenvalue weighted by Gasteiger charge is -2.26. The molecule has 1 unspecified atom stereocenters. The van der Waals surface area contributed by atoms with Crippen molar-refractivity contribution in [3.05, 3.63) is 0 Å². The van der Waals surface area contributed by atoms with Crippen LogP contribution in [0.2, 0.25) is 0 Å². The first-order valence-corrected chi connectivity index (χ1v) is 3.40. The molecule has 104 valence electrons. The number of ether oxygens (including phenoxy) is 2. The van der Waals surface area contributed by atoms with Gasteiger partial charge in [0, 0.05) is 0 Å². The molecule has 0 spiro atoms. The summed E-state index contributed by atoms with van der Waals surface area (Å²) in [6, 6.07) is 0.